The van der Waals surface area contributed by atoms with Crippen LogP contribution in [0.1, 0.15) is 12.0 Å². The highest BCUT2D eigenvalue weighted by Crippen LogP contribution is 2.40. The highest BCUT2D eigenvalue weighted by molar-refractivity contribution is 6.00. The van der Waals surface area contributed by atoms with E-state index >= 15 is 0 Å². The first-order chi connectivity index (χ1) is 14.2. The monoisotopic (exact) mass is 387 g/mol. The molecule has 1 aromatic heterocycles. The number of benzene rings is 2. The van der Waals surface area contributed by atoms with E-state index in [2.05, 4.69) is 15.6 Å². The number of rotatable bonds is 7. The minimum atomic E-state index is -0.322. The van der Waals surface area contributed by atoms with E-state index in [0.717, 1.165) is 5.56 Å². The average molecular weight is 387 g/mol. The van der Waals surface area contributed by atoms with Gasteiger partial charge in [-0.25, -0.2) is 0 Å². The molecule has 2 unspecified atom stereocenters. The Kier molecular flexibility index (Phi) is 5.52. The summed E-state index contributed by atoms with van der Waals surface area (Å²) in [7, 11) is 0. The average Bonchev–Trinajstić information content (AvgIpc) is 3.56. The summed E-state index contributed by atoms with van der Waals surface area (Å²) in [5, 5.41) is 5.78. The molecule has 0 radical (unpaired) electrons. The summed E-state index contributed by atoms with van der Waals surface area (Å²) in [5.41, 5.74) is 1.56. The van der Waals surface area contributed by atoms with Crippen molar-refractivity contribution in [3.8, 4) is 11.5 Å². The predicted octanol–water partition coefficient (Wildman–Crippen LogP) is 3.76. The van der Waals surface area contributed by atoms with E-state index in [1.165, 1.54) is 0 Å². The van der Waals surface area contributed by atoms with Crippen molar-refractivity contribution in [3.05, 3.63) is 84.7 Å². The van der Waals surface area contributed by atoms with E-state index in [-0.39, 0.29) is 23.7 Å². The molecule has 6 heteroatoms. The molecule has 146 valence electrons. The minimum Gasteiger partial charge on any atom is -0.455 e. The zero-order chi connectivity index (χ0) is 20.1. The number of anilines is 1. The molecule has 0 aliphatic heterocycles. The zero-order valence-corrected chi connectivity index (χ0v) is 15.7. The lowest BCUT2D eigenvalue weighted by Crippen LogP contribution is -2.27. The van der Waals surface area contributed by atoms with Crippen molar-refractivity contribution in [2.75, 3.05) is 5.32 Å². The van der Waals surface area contributed by atoms with E-state index in [0.29, 0.717) is 30.2 Å². The van der Waals surface area contributed by atoms with Crippen LogP contribution in [0.4, 0.5) is 5.69 Å². The third-order valence-electron chi connectivity index (χ3n) is 4.80. The van der Waals surface area contributed by atoms with Crippen molar-refractivity contribution in [2.45, 2.75) is 13.0 Å². The van der Waals surface area contributed by atoms with Crippen molar-refractivity contribution >= 4 is 17.5 Å². The van der Waals surface area contributed by atoms with Gasteiger partial charge in [0.1, 0.15) is 5.75 Å². The maximum Gasteiger partial charge on any atom is 0.228 e. The van der Waals surface area contributed by atoms with Crippen molar-refractivity contribution in [2.24, 2.45) is 11.8 Å². The van der Waals surface area contributed by atoms with Gasteiger partial charge in [-0.3, -0.25) is 14.6 Å². The van der Waals surface area contributed by atoms with E-state index in [1.807, 2.05) is 54.6 Å². The molecule has 4 rings (SSSR count). The number of amides is 2. The molecule has 0 saturated heterocycles. The van der Waals surface area contributed by atoms with Gasteiger partial charge >= 0.3 is 0 Å². The summed E-state index contributed by atoms with van der Waals surface area (Å²) in [6.07, 6.45) is 3.92. The second-order valence-electron chi connectivity index (χ2n) is 6.92. The number of hydrogen-bond acceptors (Lipinski definition) is 4. The largest absolute Gasteiger partial charge is 0.455 e. The molecule has 29 heavy (non-hydrogen) atoms. The van der Waals surface area contributed by atoms with Crippen LogP contribution in [0.15, 0.2) is 79.1 Å². The Balaban J connectivity index is 1.33. The second-order valence-corrected chi connectivity index (χ2v) is 6.92. The minimum absolute atomic E-state index is 0.101. The molecule has 0 spiro atoms. The standard InChI is InChI=1S/C23H21N3O3/c27-22(25-15-16-10-12-24-13-11-16)18-14-19(18)23(28)26-20-8-4-5-9-21(20)29-17-6-2-1-3-7-17/h1-13,18-19H,14-15H2,(H,25,27)(H,26,28). The van der Waals surface area contributed by atoms with Crippen LogP contribution in [0, 0.1) is 11.8 Å². The first-order valence-corrected chi connectivity index (χ1v) is 9.50. The first kappa shape index (κ1) is 18.7. The molecule has 1 aliphatic carbocycles. The Morgan fingerprint density at radius 1 is 0.897 bits per heavy atom. The Morgan fingerprint density at radius 2 is 1.59 bits per heavy atom. The molecule has 1 fully saturated rings. The van der Waals surface area contributed by atoms with Gasteiger partial charge in [-0.05, 0) is 48.4 Å². The van der Waals surface area contributed by atoms with Gasteiger partial charge in [0.15, 0.2) is 5.75 Å². The molecule has 2 amide bonds. The van der Waals surface area contributed by atoms with Gasteiger partial charge in [-0.2, -0.15) is 0 Å². The fourth-order valence-corrected chi connectivity index (χ4v) is 3.10. The summed E-state index contributed by atoms with van der Waals surface area (Å²) in [5.74, 6) is 0.366. The van der Waals surface area contributed by atoms with Crippen molar-refractivity contribution in [1.82, 2.24) is 10.3 Å². The fourth-order valence-electron chi connectivity index (χ4n) is 3.10. The predicted molar refractivity (Wildman–Crippen MR) is 109 cm³/mol. The van der Waals surface area contributed by atoms with Gasteiger partial charge in [0.2, 0.25) is 11.8 Å². The summed E-state index contributed by atoms with van der Waals surface area (Å²) in [6, 6.07) is 20.3. The van der Waals surface area contributed by atoms with Gasteiger partial charge in [0.05, 0.1) is 17.5 Å². The van der Waals surface area contributed by atoms with E-state index in [9.17, 15) is 9.59 Å². The lowest BCUT2D eigenvalue weighted by molar-refractivity contribution is -0.125. The molecule has 2 aromatic carbocycles. The Hall–Kier alpha value is -3.67. The number of nitrogens with one attached hydrogen (secondary N) is 2. The Morgan fingerprint density at radius 3 is 2.38 bits per heavy atom. The molecule has 2 N–H and O–H groups in total. The van der Waals surface area contributed by atoms with Crippen LogP contribution >= 0.6 is 0 Å². The number of aromatic nitrogens is 1. The number of hydrogen-bond donors (Lipinski definition) is 2. The van der Waals surface area contributed by atoms with Crippen LogP contribution in [0.2, 0.25) is 0 Å². The Bertz CT molecular complexity index is 993. The molecule has 6 nitrogen and oxygen atoms in total. The van der Waals surface area contributed by atoms with Crippen LogP contribution in [-0.2, 0) is 16.1 Å². The van der Waals surface area contributed by atoms with Crippen LogP contribution in [0.3, 0.4) is 0 Å². The molecule has 3 aromatic rings. The van der Waals surface area contributed by atoms with Gasteiger partial charge in [-0.1, -0.05) is 30.3 Å². The number of pyridine rings is 1. The van der Waals surface area contributed by atoms with Crippen LogP contribution in [0.25, 0.3) is 0 Å². The summed E-state index contributed by atoms with van der Waals surface area (Å²) < 4.78 is 5.87. The topological polar surface area (TPSA) is 80.3 Å². The number of ether oxygens (including phenoxy) is 1. The SMILES string of the molecule is O=C(NCc1ccncc1)C1CC1C(=O)Nc1ccccc1Oc1ccccc1. The maximum absolute atomic E-state index is 12.6. The zero-order valence-electron chi connectivity index (χ0n) is 15.7. The summed E-state index contributed by atoms with van der Waals surface area (Å²) in [4.78, 5) is 28.9. The summed E-state index contributed by atoms with van der Waals surface area (Å²) >= 11 is 0. The first-order valence-electron chi connectivity index (χ1n) is 9.50. The number of carbonyl (C=O) groups is 2. The van der Waals surface area contributed by atoms with Crippen molar-refractivity contribution in [1.29, 1.82) is 0 Å². The Labute approximate surface area is 168 Å². The molecule has 0 bridgehead atoms. The molecule has 1 aliphatic rings. The van der Waals surface area contributed by atoms with Gasteiger partial charge < -0.3 is 15.4 Å². The maximum atomic E-state index is 12.6. The smallest absolute Gasteiger partial charge is 0.228 e. The summed E-state index contributed by atoms with van der Waals surface area (Å²) in [6.45, 7) is 0.430. The quantitative estimate of drug-likeness (QED) is 0.647. The van der Waals surface area contributed by atoms with Gasteiger partial charge in [0.25, 0.3) is 0 Å². The van der Waals surface area contributed by atoms with Gasteiger partial charge in [-0.15, -0.1) is 0 Å². The van der Waals surface area contributed by atoms with E-state index in [1.54, 1.807) is 24.5 Å². The second kappa shape index (κ2) is 8.56. The number of nitrogens with zero attached hydrogens (tertiary/aromatic N) is 1. The normalized spacial score (nSPS) is 17.2. The lowest BCUT2D eigenvalue weighted by atomic mass is 10.2. The number of carbonyl (C=O) groups excluding carboxylic acids is 2. The third kappa shape index (κ3) is 4.79. The van der Waals surface area contributed by atoms with Crippen LogP contribution in [-0.4, -0.2) is 16.8 Å². The molecule has 1 saturated carbocycles. The van der Waals surface area contributed by atoms with Crippen LogP contribution < -0.4 is 15.4 Å². The highest BCUT2D eigenvalue weighted by atomic mass is 16.5. The molecular weight excluding hydrogens is 366 g/mol. The van der Waals surface area contributed by atoms with E-state index in [4.69, 9.17) is 4.74 Å². The van der Waals surface area contributed by atoms with Crippen molar-refractivity contribution < 1.29 is 14.3 Å². The fraction of sp³-hybridized carbons (Fsp3) is 0.174. The van der Waals surface area contributed by atoms with Crippen molar-refractivity contribution in [3.63, 3.8) is 0 Å². The highest BCUT2D eigenvalue weighted by Gasteiger charge is 2.48. The van der Waals surface area contributed by atoms with E-state index < -0.39 is 0 Å². The molecule has 2 atom stereocenters. The van der Waals surface area contributed by atoms with Crippen LogP contribution in [0.5, 0.6) is 11.5 Å². The van der Waals surface area contributed by atoms with Gasteiger partial charge in [0, 0.05) is 18.9 Å². The molecule has 1 heterocycles. The number of para-hydroxylation sites is 3. The lowest BCUT2D eigenvalue weighted by Gasteiger charge is -2.12. The molecular formula is C23H21N3O3. The third-order valence-corrected chi connectivity index (χ3v) is 4.80.